The maximum Gasteiger partial charge on any atom is 0.268 e. The van der Waals surface area contributed by atoms with Gasteiger partial charge in [-0.05, 0) is 18.2 Å². The normalized spacial score (nSPS) is 10.9. The first-order valence-corrected chi connectivity index (χ1v) is 6.56. The zero-order valence-corrected chi connectivity index (χ0v) is 10.4. The van der Waals surface area contributed by atoms with Crippen LogP contribution < -0.4 is 9.46 Å². The Morgan fingerprint density at radius 1 is 1.44 bits per heavy atom. The van der Waals surface area contributed by atoms with Gasteiger partial charge in [-0.15, -0.1) is 12.6 Å². The quantitative estimate of drug-likeness (QED) is 0.785. The number of carbonyl (C=O) groups excluding carboxylic acids is 1. The Labute approximate surface area is 99.3 Å². The van der Waals surface area contributed by atoms with Crippen molar-refractivity contribution in [2.75, 3.05) is 13.4 Å². The van der Waals surface area contributed by atoms with E-state index in [1.807, 2.05) is 4.72 Å². The molecule has 0 aliphatic carbocycles. The summed E-state index contributed by atoms with van der Waals surface area (Å²) in [6, 6.07) is 4.55. The Hall–Kier alpha value is -1.21. The van der Waals surface area contributed by atoms with Gasteiger partial charge in [0, 0.05) is 4.90 Å². The molecule has 0 atom stereocenters. The van der Waals surface area contributed by atoms with E-state index < -0.39 is 15.9 Å². The van der Waals surface area contributed by atoms with Crippen molar-refractivity contribution in [1.82, 2.24) is 4.72 Å². The van der Waals surface area contributed by atoms with Gasteiger partial charge < -0.3 is 4.74 Å². The zero-order valence-electron chi connectivity index (χ0n) is 8.72. The van der Waals surface area contributed by atoms with E-state index in [4.69, 9.17) is 4.74 Å². The second-order valence-electron chi connectivity index (χ2n) is 3.09. The molecule has 0 heterocycles. The molecule has 1 amide bonds. The fraction of sp³-hybridized carbons (Fsp3) is 0.222. The van der Waals surface area contributed by atoms with Gasteiger partial charge in [-0.25, -0.2) is 13.1 Å². The van der Waals surface area contributed by atoms with Crippen molar-refractivity contribution in [3.05, 3.63) is 23.8 Å². The van der Waals surface area contributed by atoms with E-state index in [-0.39, 0.29) is 11.3 Å². The molecule has 0 fully saturated rings. The number of rotatable bonds is 3. The second-order valence-corrected chi connectivity index (χ2v) is 5.35. The van der Waals surface area contributed by atoms with E-state index in [9.17, 15) is 13.2 Å². The van der Waals surface area contributed by atoms with Crippen LogP contribution in [0.3, 0.4) is 0 Å². The molecule has 1 N–H and O–H groups in total. The summed E-state index contributed by atoms with van der Waals surface area (Å²) in [6.45, 7) is 0. The van der Waals surface area contributed by atoms with Gasteiger partial charge in [-0.1, -0.05) is 0 Å². The Morgan fingerprint density at radius 3 is 2.56 bits per heavy atom. The van der Waals surface area contributed by atoms with Crippen molar-refractivity contribution in [3.63, 3.8) is 0 Å². The fourth-order valence-corrected chi connectivity index (χ4v) is 1.73. The molecule has 1 rings (SSSR count). The smallest absolute Gasteiger partial charge is 0.268 e. The van der Waals surface area contributed by atoms with Gasteiger partial charge in [0.1, 0.15) is 5.75 Å². The molecule has 0 aliphatic rings. The first-order chi connectivity index (χ1) is 7.33. The fourth-order valence-electron chi connectivity index (χ4n) is 1.09. The molecule has 0 unspecified atom stereocenters. The van der Waals surface area contributed by atoms with Crippen molar-refractivity contribution in [2.45, 2.75) is 4.90 Å². The minimum Gasteiger partial charge on any atom is -0.496 e. The Balaban J connectivity index is 3.09. The average Bonchev–Trinajstić information content (AvgIpc) is 2.14. The number of carbonyl (C=O) groups is 1. The molecule has 0 bridgehead atoms. The van der Waals surface area contributed by atoms with Crippen LogP contribution in [0.5, 0.6) is 5.75 Å². The highest BCUT2D eigenvalue weighted by atomic mass is 32.2. The van der Waals surface area contributed by atoms with Gasteiger partial charge in [-0.2, -0.15) is 0 Å². The summed E-state index contributed by atoms with van der Waals surface area (Å²) in [7, 11) is -2.19. The lowest BCUT2D eigenvalue weighted by Crippen LogP contribution is -2.29. The largest absolute Gasteiger partial charge is 0.496 e. The first-order valence-electron chi connectivity index (χ1n) is 4.22. The van der Waals surface area contributed by atoms with Gasteiger partial charge in [0.05, 0.1) is 18.9 Å². The van der Waals surface area contributed by atoms with Gasteiger partial charge >= 0.3 is 0 Å². The second kappa shape index (κ2) is 4.75. The van der Waals surface area contributed by atoms with Crippen LogP contribution in [0.25, 0.3) is 0 Å². The summed E-state index contributed by atoms with van der Waals surface area (Å²) >= 11 is 4.08. The average molecular weight is 261 g/mol. The summed E-state index contributed by atoms with van der Waals surface area (Å²) in [4.78, 5) is 12.2. The maximum atomic E-state index is 11.6. The molecule has 1 aromatic rings. The molecule has 0 saturated heterocycles. The summed E-state index contributed by atoms with van der Waals surface area (Å²) < 4.78 is 28.6. The van der Waals surface area contributed by atoms with Crippen LogP contribution >= 0.6 is 12.6 Å². The van der Waals surface area contributed by atoms with E-state index in [1.165, 1.54) is 19.2 Å². The number of methoxy groups -OCH3 is 1. The highest BCUT2D eigenvalue weighted by molar-refractivity contribution is 7.89. The number of hydrogen-bond acceptors (Lipinski definition) is 5. The molecule has 0 spiro atoms. The van der Waals surface area contributed by atoms with Crippen LogP contribution in [0.4, 0.5) is 0 Å². The van der Waals surface area contributed by atoms with Crippen LogP contribution in [0, 0.1) is 0 Å². The minimum atomic E-state index is -3.58. The highest BCUT2D eigenvalue weighted by Gasteiger charge is 2.15. The number of sulfonamides is 1. The van der Waals surface area contributed by atoms with Crippen molar-refractivity contribution in [1.29, 1.82) is 0 Å². The van der Waals surface area contributed by atoms with Crippen LogP contribution in [0.2, 0.25) is 0 Å². The molecule has 0 aliphatic heterocycles. The Bertz CT molecular complexity index is 510. The summed E-state index contributed by atoms with van der Waals surface area (Å²) in [5.74, 6) is -0.457. The predicted molar refractivity (Wildman–Crippen MR) is 62.6 cm³/mol. The third-order valence-electron chi connectivity index (χ3n) is 1.71. The third kappa shape index (κ3) is 3.42. The van der Waals surface area contributed by atoms with Crippen LogP contribution in [0.1, 0.15) is 10.4 Å². The summed E-state index contributed by atoms with van der Waals surface area (Å²) in [5, 5.41) is 0. The van der Waals surface area contributed by atoms with E-state index in [2.05, 4.69) is 12.6 Å². The highest BCUT2D eigenvalue weighted by Crippen LogP contribution is 2.22. The Kier molecular flexibility index (Phi) is 3.82. The molecule has 0 aromatic heterocycles. The van der Waals surface area contributed by atoms with Crippen LogP contribution in [-0.2, 0) is 10.0 Å². The number of amides is 1. The van der Waals surface area contributed by atoms with Crippen molar-refractivity contribution in [2.24, 2.45) is 0 Å². The van der Waals surface area contributed by atoms with Crippen molar-refractivity contribution < 1.29 is 17.9 Å². The number of hydrogen-bond donors (Lipinski definition) is 2. The number of ether oxygens (including phenoxy) is 1. The number of nitrogens with one attached hydrogen (secondary N) is 1. The van der Waals surface area contributed by atoms with Crippen molar-refractivity contribution in [3.8, 4) is 5.75 Å². The first kappa shape index (κ1) is 12.9. The maximum absolute atomic E-state index is 11.6. The molecule has 0 radical (unpaired) electrons. The molecular formula is C9H11NO4S2. The van der Waals surface area contributed by atoms with E-state index in [1.54, 1.807) is 6.07 Å². The van der Waals surface area contributed by atoms with E-state index in [0.717, 1.165) is 6.26 Å². The third-order valence-corrected chi connectivity index (χ3v) is 2.54. The monoisotopic (exact) mass is 261 g/mol. The molecule has 0 saturated carbocycles. The SMILES string of the molecule is COc1cc(S)ccc1C(=O)NS(C)(=O)=O. The number of benzene rings is 1. The van der Waals surface area contributed by atoms with Gasteiger partial charge in [0.2, 0.25) is 10.0 Å². The zero-order chi connectivity index (χ0) is 12.3. The van der Waals surface area contributed by atoms with E-state index in [0.29, 0.717) is 4.90 Å². The lowest BCUT2D eigenvalue weighted by Gasteiger charge is -2.08. The van der Waals surface area contributed by atoms with Crippen LogP contribution in [-0.4, -0.2) is 27.7 Å². The molecule has 7 heteroatoms. The van der Waals surface area contributed by atoms with Gasteiger partial charge in [0.25, 0.3) is 5.91 Å². The summed E-state index contributed by atoms with van der Waals surface area (Å²) in [6.07, 6.45) is 0.907. The molecule has 5 nitrogen and oxygen atoms in total. The number of thiol groups is 1. The van der Waals surface area contributed by atoms with Gasteiger partial charge in [0.15, 0.2) is 0 Å². The van der Waals surface area contributed by atoms with Gasteiger partial charge in [-0.3, -0.25) is 4.79 Å². The lowest BCUT2D eigenvalue weighted by atomic mass is 10.2. The molecule has 88 valence electrons. The molecule has 16 heavy (non-hydrogen) atoms. The Morgan fingerprint density at radius 2 is 2.06 bits per heavy atom. The molecular weight excluding hydrogens is 250 g/mol. The van der Waals surface area contributed by atoms with E-state index >= 15 is 0 Å². The predicted octanol–water partition coefficient (Wildman–Crippen LogP) is 0.673. The lowest BCUT2D eigenvalue weighted by molar-refractivity contribution is 0.0978. The standard InChI is InChI=1S/C9H11NO4S2/c1-14-8-5-6(15)3-4-7(8)9(11)10-16(2,12)13/h3-5,15H,1-2H3,(H,10,11). The minimum absolute atomic E-state index is 0.144. The molecule has 1 aromatic carbocycles. The summed E-state index contributed by atoms with van der Waals surface area (Å²) in [5.41, 5.74) is 0.144. The van der Waals surface area contributed by atoms with Crippen molar-refractivity contribution >= 4 is 28.6 Å². The topological polar surface area (TPSA) is 72.5 Å². The van der Waals surface area contributed by atoms with Crippen LogP contribution in [0.15, 0.2) is 23.1 Å².